The van der Waals surface area contributed by atoms with E-state index >= 15 is 0 Å². The Kier molecular flexibility index (Phi) is 5.15. The summed E-state index contributed by atoms with van der Waals surface area (Å²) in [5, 5.41) is 11.1. The minimum absolute atomic E-state index is 0.0119. The van der Waals surface area contributed by atoms with E-state index < -0.39 is 35.6 Å². The zero-order chi connectivity index (χ0) is 22.2. The van der Waals surface area contributed by atoms with Crippen LogP contribution in [0.2, 0.25) is 0 Å². The van der Waals surface area contributed by atoms with Gasteiger partial charge in [-0.15, -0.1) is 0 Å². The molecule has 0 saturated carbocycles. The van der Waals surface area contributed by atoms with Crippen LogP contribution in [0, 0.1) is 10.1 Å². The smallest absolute Gasteiger partial charge is 0.279 e. The second kappa shape index (κ2) is 7.67. The summed E-state index contributed by atoms with van der Waals surface area (Å²) in [5.41, 5.74) is 1.10. The third-order valence-corrected chi connectivity index (χ3v) is 8.15. The molecule has 9 nitrogen and oxygen atoms in total. The Morgan fingerprint density at radius 1 is 0.871 bits per heavy atom. The standard InChI is InChI=1S/C20H17N3O6S2/c24-23(25)19-7-3-4-8-20(19)30(26,27)21-16-9-11-17(12-10-16)31(28,29)22-14-13-15-5-1-2-6-18(15)22/h1-12,21H,13-14H2. The predicted octanol–water partition coefficient (Wildman–Crippen LogP) is 3.15. The Hall–Kier alpha value is -3.44. The third kappa shape index (κ3) is 3.84. The number of para-hydroxylation sites is 2. The third-order valence-electron chi connectivity index (χ3n) is 4.89. The minimum atomic E-state index is -4.24. The summed E-state index contributed by atoms with van der Waals surface area (Å²) in [6.07, 6.45) is 0.614. The second-order valence-corrected chi connectivity index (χ2v) is 10.3. The first-order valence-corrected chi connectivity index (χ1v) is 12.1. The van der Waals surface area contributed by atoms with Crippen molar-refractivity contribution in [2.75, 3.05) is 15.6 Å². The summed E-state index contributed by atoms with van der Waals surface area (Å²) in [7, 11) is -8.06. The van der Waals surface area contributed by atoms with E-state index in [1.54, 1.807) is 12.1 Å². The van der Waals surface area contributed by atoms with E-state index in [1.165, 1.54) is 40.7 Å². The van der Waals surface area contributed by atoms with Gasteiger partial charge in [-0.1, -0.05) is 30.3 Å². The van der Waals surface area contributed by atoms with Crippen LogP contribution in [-0.2, 0) is 26.5 Å². The van der Waals surface area contributed by atoms with Crippen molar-refractivity contribution in [3.63, 3.8) is 0 Å². The topological polar surface area (TPSA) is 127 Å². The summed E-state index contributed by atoms with van der Waals surface area (Å²) in [6.45, 7) is 0.327. The first-order valence-electron chi connectivity index (χ1n) is 9.17. The van der Waals surface area contributed by atoms with Gasteiger partial charge < -0.3 is 0 Å². The molecule has 1 aliphatic heterocycles. The highest BCUT2D eigenvalue weighted by atomic mass is 32.2. The quantitative estimate of drug-likeness (QED) is 0.446. The van der Waals surface area contributed by atoms with Crippen LogP contribution in [0.5, 0.6) is 0 Å². The number of nitro benzene ring substituents is 1. The molecule has 3 aromatic rings. The lowest BCUT2D eigenvalue weighted by Gasteiger charge is -2.19. The normalized spacial score (nSPS) is 13.6. The first kappa shape index (κ1) is 20.8. The molecule has 1 aliphatic rings. The highest BCUT2D eigenvalue weighted by molar-refractivity contribution is 7.93. The Morgan fingerprint density at radius 3 is 2.23 bits per heavy atom. The van der Waals surface area contributed by atoms with Gasteiger partial charge in [0.25, 0.3) is 25.7 Å². The molecule has 0 aromatic heterocycles. The number of fused-ring (bicyclic) bond motifs is 1. The van der Waals surface area contributed by atoms with Gasteiger partial charge in [0.1, 0.15) is 0 Å². The molecule has 0 fully saturated rings. The molecule has 3 aromatic carbocycles. The van der Waals surface area contributed by atoms with Crippen molar-refractivity contribution >= 4 is 37.1 Å². The average Bonchev–Trinajstić information content (AvgIpc) is 3.19. The number of nitrogens with one attached hydrogen (secondary N) is 1. The largest absolute Gasteiger partial charge is 0.289 e. The summed E-state index contributed by atoms with van der Waals surface area (Å²) in [6, 6.07) is 17.4. The SMILES string of the molecule is O=[N+]([O-])c1ccccc1S(=O)(=O)Nc1ccc(S(=O)(=O)N2CCc3ccccc32)cc1. The molecule has 0 saturated heterocycles. The highest BCUT2D eigenvalue weighted by Gasteiger charge is 2.31. The second-order valence-electron chi connectivity index (χ2n) is 6.81. The lowest BCUT2D eigenvalue weighted by molar-refractivity contribution is -0.387. The maximum absolute atomic E-state index is 13.0. The molecule has 0 unspecified atom stereocenters. The molecule has 0 radical (unpaired) electrons. The molecular formula is C20H17N3O6S2. The van der Waals surface area contributed by atoms with Gasteiger partial charge in [0.2, 0.25) is 0 Å². The van der Waals surface area contributed by atoms with Crippen molar-refractivity contribution in [1.29, 1.82) is 0 Å². The van der Waals surface area contributed by atoms with Gasteiger partial charge in [-0.25, -0.2) is 16.8 Å². The van der Waals surface area contributed by atoms with E-state index in [-0.39, 0.29) is 10.6 Å². The maximum Gasteiger partial charge on any atom is 0.289 e. The lowest BCUT2D eigenvalue weighted by Crippen LogP contribution is -2.29. The highest BCUT2D eigenvalue weighted by Crippen LogP contribution is 2.33. The molecule has 0 amide bonds. The fourth-order valence-corrected chi connectivity index (χ4v) is 6.16. The lowest BCUT2D eigenvalue weighted by atomic mass is 10.2. The van der Waals surface area contributed by atoms with Crippen LogP contribution >= 0.6 is 0 Å². The Morgan fingerprint density at radius 2 is 1.52 bits per heavy atom. The van der Waals surface area contributed by atoms with Crippen LogP contribution in [0.3, 0.4) is 0 Å². The van der Waals surface area contributed by atoms with Gasteiger partial charge in [-0.3, -0.25) is 19.1 Å². The molecule has 11 heteroatoms. The number of nitrogens with zero attached hydrogens (tertiary/aromatic N) is 2. The maximum atomic E-state index is 13.0. The van der Waals surface area contributed by atoms with Gasteiger partial charge in [-0.05, 0) is 48.4 Å². The molecule has 31 heavy (non-hydrogen) atoms. The van der Waals surface area contributed by atoms with Crippen molar-refractivity contribution in [2.45, 2.75) is 16.2 Å². The number of hydrogen-bond donors (Lipinski definition) is 1. The van der Waals surface area contributed by atoms with Crippen LogP contribution in [0.25, 0.3) is 0 Å². The molecule has 160 valence electrons. The van der Waals surface area contributed by atoms with Gasteiger partial charge >= 0.3 is 0 Å². The number of hydrogen-bond acceptors (Lipinski definition) is 6. The van der Waals surface area contributed by atoms with Gasteiger partial charge in [0, 0.05) is 18.3 Å². The van der Waals surface area contributed by atoms with Crippen LogP contribution in [0.1, 0.15) is 5.56 Å². The van der Waals surface area contributed by atoms with Gasteiger partial charge in [0.15, 0.2) is 4.90 Å². The Balaban J connectivity index is 1.60. The van der Waals surface area contributed by atoms with Crippen LogP contribution < -0.4 is 9.03 Å². The molecule has 0 aliphatic carbocycles. The number of anilines is 2. The fourth-order valence-electron chi connectivity index (χ4n) is 3.43. The van der Waals surface area contributed by atoms with Crippen molar-refractivity contribution < 1.29 is 21.8 Å². The summed E-state index contributed by atoms with van der Waals surface area (Å²) in [5.74, 6) is 0. The van der Waals surface area contributed by atoms with E-state index in [0.717, 1.165) is 17.7 Å². The zero-order valence-corrected chi connectivity index (χ0v) is 17.6. The number of nitro groups is 1. The van der Waals surface area contributed by atoms with E-state index in [0.29, 0.717) is 18.7 Å². The minimum Gasteiger partial charge on any atom is -0.279 e. The molecule has 0 atom stereocenters. The van der Waals surface area contributed by atoms with Crippen LogP contribution in [-0.4, -0.2) is 28.3 Å². The van der Waals surface area contributed by atoms with Crippen molar-refractivity contribution in [2.24, 2.45) is 0 Å². The van der Waals surface area contributed by atoms with Crippen molar-refractivity contribution in [3.05, 3.63) is 88.5 Å². The summed E-state index contributed by atoms with van der Waals surface area (Å²) >= 11 is 0. The summed E-state index contributed by atoms with van der Waals surface area (Å²) < 4.78 is 54.9. The first-order chi connectivity index (χ1) is 14.7. The fraction of sp³-hybridized carbons (Fsp3) is 0.100. The van der Waals surface area contributed by atoms with Crippen LogP contribution in [0.15, 0.2) is 82.6 Å². The van der Waals surface area contributed by atoms with Crippen molar-refractivity contribution in [3.8, 4) is 0 Å². The molecule has 1 heterocycles. The number of benzene rings is 3. The Labute approximate surface area is 179 Å². The summed E-state index contributed by atoms with van der Waals surface area (Å²) in [4.78, 5) is 9.88. The van der Waals surface area contributed by atoms with E-state index in [9.17, 15) is 26.9 Å². The van der Waals surface area contributed by atoms with Gasteiger partial charge in [-0.2, -0.15) is 0 Å². The van der Waals surface area contributed by atoms with Crippen molar-refractivity contribution in [1.82, 2.24) is 0 Å². The molecule has 1 N–H and O–H groups in total. The van der Waals surface area contributed by atoms with Gasteiger partial charge in [0.05, 0.1) is 15.5 Å². The number of rotatable bonds is 6. The molecule has 0 bridgehead atoms. The number of sulfonamides is 2. The van der Waals surface area contributed by atoms with Crippen LogP contribution in [0.4, 0.5) is 17.1 Å². The van der Waals surface area contributed by atoms with E-state index in [4.69, 9.17) is 0 Å². The Bertz CT molecular complexity index is 1370. The molecular weight excluding hydrogens is 442 g/mol. The van der Waals surface area contributed by atoms with E-state index in [1.807, 2.05) is 12.1 Å². The molecule has 4 rings (SSSR count). The molecule has 0 spiro atoms. The average molecular weight is 460 g/mol. The predicted molar refractivity (Wildman–Crippen MR) is 115 cm³/mol. The van der Waals surface area contributed by atoms with E-state index in [2.05, 4.69) is 4.72 Å². The monoisotopic (exact) mass is 459 g/mol. The zero-order valence-electron chi connectivity index (χ0n) is 16.0.